The number of H-pyrrole nitrogens is 1. The fourth-order valence-electron chi connectivity index (χ4n) is 4.83. The highest BCUT2D eigenvalue weighted by molar-refractivity contribution is 6.00. The highest BCUT2D eigenvalue weighted by atomic mass is 19.4. The Morgan fingerprint density at radius 1 is 1.10 bits per heavy atom. The summed E-state index contributed by atoms with van der Waals surface area (Å²) in [5.74, 6) is -4.86. The number of halogens is 5. The van der Waals surface area contributed by atoms with Gasteiger partial charge in [-0.15, -0.1) is 0 Å². The molecule has 11 nitrogen and oxygen atoms in total. The van der Waals surface area contributed by atoms with Crippen LogP contribution in [0.2, 0.25) is 0 Å². The second-order valence-corrected chi connectivity index (χ2v) is 9.23. The predicted molar refractivity (Wildman–Crippen MR) is 135 cm³/mol. The highest BCUT2D eigenvalue weighted by Crippen LogP contribution is 2.40. The average Bonchev–Trinajstić information content (AvgIpc) is 3.67. The van der Waals surface area contributed by atoms with Gasteiger partial charge in [-0.3, -0.25) is 14.3 Å². The smallest absolute Gasteiger partial charge is 0.434 e. The van der Waals surface area contributed by atoms with Gasteiger partial charge in [0, 0.05) is 30.6 Å². The van der Waals surface area contributed by atoms with Crippen LogP contribution in [0.25, 0.3) is 28.2 Å². The maximum absolute atomic E-state index is 15.4. The Kier molecular flexibility index (Phi) is 6.48. The molecule has 42 heavy (non-hydrogen) atoms. The number of carbonyl (C=O) groups is 1. The topological polar surface area (TPSA) is 143 Å². The molecule has 1 fully saturated rings. The minimum atomic E-state index is -5.22. The molecule has 16 heteroatoms. The highest BCUT2D eigenvalue weighted by Gasteiger charge is 2.43. The van der Waals surface area contributed by atoms with Crippen molar-refractivity contribution in [1.29, 1.82) is 0 Å². The Morgan fingerprint density at radius 2 is 1.90 bits per heavy atom. The molecular formula is C26H18F5N7O4. The maximum Gasteiger partial charge on any atom is 0.434 e. The third-order valence-corrected chi connectivity index (χ3v) is 6.61. The molecule has 0 saturated carbocycles. The zero-order chi connectivity index (χ0) is 29.8. The van der Waals surface area contributed by atoms with Crippen molar-refractivity contribution in [3.8, 4) is 28.6 Å². The molecule has 1 saturated heterocycles. The summed E-state index contributed by atoms with van der Waals surface area (Å²) in [4.78, 5) is 35.2. The first-order chi connectivity index (χ1) is 20.0. The van der Waals surface area contributed by atoms with E-state index in [1.165, 1.54) is 16.8 Å². The van der Waals surface area contributed by atoms with Gasteiger partial charge in [0.15, 0.2) is 40.3 Å². The molecule has 1 aliphatic rings. The standard InChI is InChI=1S/C26H18F5N7O4/c27-14-2-1-7-34-24(14)38-21(26(29,30)31)18(22(32)39)19(36-38)12-3-4-16(15(28)10-12)42-17-5-8-33-23-20(17)37(25(40)35-23)13-6-9-41-11-13/h1-5,7-8,10,13H,6,9,11H2,(H2,32,39)(H,33,35,40). The number of imidazole rings is 1. The van der Waals surface area contributed by atoms with Crippen LogP contribution in [0.3, 0.4) is 0 Å². The zero-order valence-corrected chi connectivity index (χ0v) is 21.2. The van der Waals surface area contributed by atoms with E-state index in [1.54, 1.807) is 0 Å². The Bertz CT molecular complexity index is 1910. The third-order valence-electron chi connectivity index (χ3n) is 6.61. The average molecular weight is 587 g/mol. The fraction of sp³-hybridized carbons (Fsp3) is 0.192. The first-order valence-electron chi connectivity index (χ1n) is 12.3. The van der Waals surface area contributed by atoms with E-state index in [2.05, 4.69) is 20.1 Å². The summed E-state index contributed by atoms with van der Waals surface area (Å²) < 4.78 is 84.9. The number of pyridine rings is 2. The number of carbonyl (C=O) groups excluding carboxylic acids is 1. The SMILES string of the molecule is NC(=O)c1c(-c2ccc(Oc3ccnc4[nH]c(=O)n(C5CCOC5)c34)c(F)c2)nn(-c2ncccc2F)c1C(F)(F)F. The molecule has 0 spiro atoms. The van der Waals surface area contributed by atoms with Gasteiger partial charge in [-0.2, -0.15) is 18.3 Å². The Labute approximate surface area is 231 Å². The molecule has 1 amide bonds. The van der Waals surface area contributed by atoms with E-state index in [-0.39, 0.29) is 45.6 Å². The van der Waals surface area contributed by atoms with E-state index in [4.69, 9.17) is 15.2 Å². The van der Waals surface area contributed by atoms with Crippen LogP contribution in [0.1, 0.15) is 28.5 Å². The van der Waals surface area contributed by atoms with Crippen molar-refractivity contribution in [2.75, 3.05) is 13.2 Å². The molecule has 0 aliphatic carbocycles. The summed E-state index contributed by atoms with van der Waals surface area (Å²) in [5.41, 5.74) is 1.58. The molecule has 1 atom stereocenters. The lowest BCUT2D eigenvalue weighted by Gasteiger charge is -2.13. The molecule has 4 aromatic heterocycles. The minimum Gasteiger partial charge on any atom is -0.452 e. The fourth-order valence-corrected chi connectivity index (χ4v) is 4.83. The predicted octanol–water partition coefficient (Wildman–Crippen LogP) is 4.12. The van der Waals surface area contributed by atoms with Gasteiger partial charge >= 0.3 is 11.9 Å². The number of rotatable bonds is 6. The van der Waals surface area contributed by atoms with E-state index < -0.39 is 52.2 Å². The van der Waals surface area contributed by atoms with Crippen LogP contribution in [-0.4, -0.2) is 48.4 Å². The van der Waals surface area contributed by atoms with Gasteiger partial charge in [-0.05, 0) is 36.8 Å². The molecule has 6 rings (SSSR count). The summed E-state index contributed by atoms with van der Waals surface area (Å²) in [6.07, 6.45) is -2.28. The number of nitrogens with zero attached hydrogens (tertiary/aromatic N) is 5. The molecule has 0 radical (unpaired) electrons. The van der Waals surface area contributed by atoms with E-state index in [1.807, 2.05) is 0 Å². The number of aromatic nitrogens is 6. The molecule has 1 aromatic carbocycles. The number of nitrogens with two attached hydrogens (primary N) is 1. The largest absolute Gasteiger partial charge is 0.452 e. The number of hydrogen-bond donors (Lipinski definition) is 2. The number of aromatic amines is 1. The molecular weight excluding hydrogens is 569 g/mol. The Hall–Kier alpha value is -5.12. The normalized spacial score (nSPS) is 15.4. The van der Waals surface area contributed by atoms with Crippen LogP contribution in [0.15, 0.2) is 53.6 Å². The van der Waals surface area contributed by atoms with E-state index in [0.29, 0.717) is 13.0 Å². The molecule has 5 aromatic rings. The number of primary amides is 1. The number of fused-ring (bicyclic) bond motifs is 1. The molecule has 1 unspecified atom stereocenters. The lowest BCUT2D eigenvalue weighted by molar-refractivity contribution is -0.143. The number of alkyl halides is 3. The zero-order valence-electron chi connectivity index (χ0n) is 21.2. The van der Waals surface area contributed by atoms with Gasteiger partial charge < -0.3 is 15.2 Å². The van der Waals surface area contributed by atoms with Crippen molar-refractivity contribution in [3.05, 3.63) is 82.2 Å². The lowest BCUT2D eigenvalue weighted by atomic mass is 10.0. The van der Waals surface area contributed by atoms with E-state index in [0.717, 1.165) is 36.5 Å². The van der Waals surface area contributed by atoms with Gasteiger partial charge in [0.05, 0.1) is 18.2 Å². The van der Waals surface area contributed by atoms with Crippen molar-refractivity contribution in [3.63, 3.8) is 0 Å². The van der Waals surface area contributed by atoms with Crippen molar-refractivity contribution < 1.29 is 36.2 Å². The van der Waals surface area contributed by atoms with Crippen LogP contribution < -0.4 is 16.2 Å². The summed E-state index contributed by atoms with van der Waals surface area (Å²) in [6, 6.07) is 6.17. The van der Waals surface area contributed by atoms with E-state index in [9.17, 15) is 27.2 Å². The van der Waals surface area contributed by atoms with Crippen LogP contribution in [-0.2, 0) is 10.9 Å². The van der Waals surface area contributed by atoms with Crippen LogP contribution in [0.4, 0.5) is 22.0 Å². The molecule has 0 bridgehead atoms. The number of benzene rings is 1. The first-order valence-corrected chi connectivity index (χ1v) is 12.3. The summed E-state index contributed by atoms with van der Waals surface area (Å²) in [7, 11) is 0. The second kappa shape index (κ2) is 10.1. The quantitative estimate of drug-likeness (QED) is 0.285. The number of ether oxygens (including phenoxy) is 2. The van der Waals surface area contributed by atoms with Crippen LogP contribution in [0, 0.1) is 11.6 Å². The van der Waals surface area contributed by atoms with Gasteiger partial charge in [0.25, 0.3) is 5.91 Å². The van der Waals surface area contributed by atoms with E-state index >= 15 is 4.39 Å². The summed E-state index contributed by atoms with van der Waals surface area (Å²) in [6.45, 7) is 0.726. The van der Waals surface area contributed by atoms with Gasteiger partial charge in [-0.1, -0.05) is 0 Å². The third kappa shape index (κ3) is 4.54. The van der Waals surface area contributed by atoms with Crippen molar-refractivity contribution in [2.24, 2.45) is 5.73 Å². The molecule has 216 valence electrons. The molecule has 5 heterocycles. The molecule has 1 aliphatic heterocycles. The van der Waals surface area contributed by atoms with Crippen LogP contribution in [0.5, 0.6) is 11.5 Å². The number of hydrogen-bond acceptors (Lipinski definition) is 7. The maximum atomic E-state index is 15.4. The van der Waals surface area contributed by atoms with Gasteiger partial charge in [0.1, 0.15) is 11.2 Å². The summed E-state index contributed by atoms with van der Waals surface area (Å²) in [5, 5.41) is 3.78. The second-order valence-electron chi connectivity index (χ2n) is 9.23. The lowest BCUT2D eigenvalue weighted by Crippen LogP contribution is -2.22. The minimum absolute atomic E-state index is 0.0731. The summed E-state index contributed by atoms with van der Waals surface area (Å²) >= 11 is 0. The van der Waals surface area contributed by atoms with Crippen molar-refractivity contribution in [2.45, 2.75) is 18.6 Å². The van der Waals surface area contributed by atoms with Crippen LogP contribution >= 0.6 is 0 Å². The first kappa shape index (κ1) is 27.1. The Balaban J connectivity index is 1.45. The number of nitrogens with one attached hydrogen (secondary N) is 1. The van der Waals surface area contributed by atoms with Gasteiger partial charge in [0.2, 0.25) is 0 Å². The number of amides is 1. The van der Waals surface area contributed by atoms with Crippen molar-refractivity contribution in [1.82, 2.24) is 29.3 Å². The Morgan fingerprint density at radius 3 is 2.57 bits per heavy atom. The van der Waals surface area contributed by atoms with Gasteiger partial charge in [-0.25, -0.2) is 28.2 Å². The monoisotopic (exact) mass is 587 g/mol. The van der Waals surface area contributed by atoms with Crippen molar-refractivity contribution >= 4 is 17.1 Å². The molecule has 3 N–H and O–H groups in total.